The van der Waals surface area contributed by atoms with Crippen molar-refractivity contribution in [3.8, 4) is 0 Å². The zero-order valence-electron chi connectivity index (χ0n) is 16.0. The fourth-order valence-corrected chi connectivity index (χ4v) is 3.39. The Balaban J connectivity index is 2.01. The normalized spacial score (nSPS) is 26.7. The monoisotopic (exact) mass is 395 g/mol. The maximum Gasteiger partial charge on any atom is 0.415 e. The van der Waals surface area contributed by atoms with Crippen LogP contribution in [0.4, 0.5) is 14.9 Å². The van der Waals surface area contributed by atoms with Gasteiger partial charge in [-0.15, -0.1) is 0 Å². The summed E-state index contributed by atoms with van der Waals surface area (Å²) in [5.41, 5.74) is -2.20. The number of nitrogens with one attached hydrogen (secondary N) is 1. The number of fused-ring (bicyclic) bond motifs is 1. The molecule has 0 unspecified atom stereocenters. The third-order valence-corrected chi connectivity index (χ3v) is 4.68. The molecule has 0 bridgehead atoms. The number of nitro benzene ring substituents is 1. The number of hydrogen-bond donors (Lipinski definition) is 1. The molecule has 1 saturated heterocycles. The third kappa shape index (κ3) is 3.77. The molecule has 3 rings (SSSR count). The molecule has 28 heavy (non-hydrogen) atoms. The fourth-order valence-electron chi connectivity index (χ4n) is 3.39. The van der Waals surface area contributed by atoms with Crippen LogP contribution in [0.1, 0.15) is 33.3 Å². The number of aliphatic imine (C=N–C) groups is 1. The Kier molecular flexibility index (Phi) is 5.00. The molecule has 10 heteroatoms. The van der Waals surface area contributed by atoms with Gasteiger partial charge in [0.25, 0.3) is 11.7 Å². The van der Waals surface area contributed by atoms with E-state index < -0.39 is 28.0 Å². The van der Waals surface area contributed by atoms with Gasteiger partial charge in [-0.25, -0.2) is 19.5 Å². The molecule has 9 nitrogen and oxygen atoms in total. The number of rotatable bonds is 2. The number of nitro groups is 1. The predicted octanol–water partition coefficient (Wildman–Crippen LogP) is 2.88. The molecular formula is C18H22FN3O6. The average Bonchev–Trinajstić information content (AvgIpc) is 2.90. The highest BCUT2D eigenvalue weighted by Gasteiger charge is 2.54. The standard InChI is InChI=1S/C18H22FN3O6/c1-10-13-8-26-15(20-16(23)28-17(2,3)4)21-18(13,9-27-10)12-7-11(22(24)25)5-6-14(12)19/h5-7,10,13H,8-9H2,1-4H3,(H,20,21,23)/t10-,13-,18-/m1/s1. The highest BCUT2D eigenvalue weighted by atomic mass is 19.1. The van der Waals surface area contributed by atoms with Crippen molar-refractivity contribution in [1.29, 1.82) is 0 Å². The second-order valence-corrected chi connectivity index (χ2v) is 7.82. The number of amidine groups is 1. The van der Waals surface area contributed by atoms with E-state index in [1.54, 1.807) is 27.7 Å². The van der Waals surface area contributed by atoms with Crippen LogP contribution in [0.25, 0.3) is 0 Å². The number of halogens is 1. The zero-order valence-corrected chi connectivity index (χ0v) is 16.0. The van der Waals surface area contributed by atoms with Gasteiger partial charge in [0.15, 0.2) is 0 Å². The van der Waals surface area contributed by atoms with Crippen molar-refractivity contribution in [3.63, 3.8) is 0 Å². The summed E-state index contributed by atoms with van der Waals surface area (Å²) in [6.45, 7) is 7.01. The second-order valence-electron chi connectivity index (χ2n) is 7.82. The highest BCUT2D eigenvalue weighted by Crippen LogP contribution is 2.46. The van der Waals surface area contributed by atoms with E-state index in [9.17, 15) is 19.3 Å². The van der Waals surface area contributed by atoms with Crippen molar-refractivity contribution in [3.05, 3.63) is 39.7 Å². The Hall–Kier alpha value is -2.75. The highest BCUT2D eigenvalue weighted by molar-refractivity contribution is 5.91. The minimum atomic E-state index is -1.25. The molecule has 0 spiro atoms. The molecule has 152 valence electrons. The van der Waals surface area contributed by atoms with Gasteiger partial charge in [-0.1, -0.05) is 0 Å². The smallest absolute Gasteiger partial charge is 0.415 e. The van der Waals surface area contributed by atoms with Crippen molar-refractivity contribution < 1.29 is 28.3 Å². The summed E-state index contributed by atoms with van der Waals surface area (Å²) in [6, 6.07) is 3.14. The number of carbonyl (C=O) groups excluding carboxylic acids is 1. The van der Waals surface area contributed by atoms with Gasteiger partial charge in [0.2, 0.25) is 0 Å². The Bertz CT molecular complexity index is 837. The van der Waals surface area contributed by atoms with Gasteiger partial charge in [0, 0.05) is 17.7 Å². The molecule has 1 aromatic carbocycles. The third-order valence-electron chi connectivity index (χ3n) is 4.68. The van der Waals surface area contributed by atoms with Gasteiger partial charge in [0.05, 0.1) is 30.2 Å². The molecule has 1 N–H and O–H groups in total. The summed E-state index contributed by atoms with van der Waals surface area (Å²) >= 11 is 0. The Labute approximate surface area is 161 Å². The van der Waals surface area contributed by atoms with E-state index in [2.05, 4.69) is 10.3 Å². The van der Waals surface area contributed by atoms with Crippen LogP contribution >= 0.6 is 0 Å². The van der Waals surface area contributed by atoms with Crippen LogP contribution < -0.4 is 5.32 Å². The van der Waals surface area contributed by atoms with E-state index >= 15 is 0 Å². The van der Waals surface area contributed by atoms with E-state index in [-0.39, 0.29) is 42.5 Å². The van der Waals surface area contributed by atoms with Crippen LogP contribution in [0, 0.1) is 21.8 Å². The van der Waals surface area contributed by atoms with Gasteiger partial charge in [-0.05, 0) is 33.8 Å². The molecule has 0 aromatic heterocycles. The summed E-state index contributed by atoms with van der Waals surface area (Å²) in [4.78, 5) is 27.0. The van der Waals surface area contributed by atoms with Gasteiger partial charge in [0.1, 0.15) is 17.0 Å². The van der Waals surface area contributed by atoms with Crippen LogP contribution in [0.3, 0.4) is 0 Å². The molecule has 0 radical (unpaired) electrons. The largest absolute Gasteiger partial charge is 0.464 e. The van der Waals surface area contributed by atoms with E-state index in [4.69, 9.17) is 14.2 Å². The first-order valence-electron chi connectivity index (χ1n) is 8.80. The lowest BCUT2D eigenvalue weighted by atomic mass is 9.78. The number of hydrogen-bond acceptors (Lipinski definition) is 7. The lowest BCUT2D eigenvalue weighted by Crippen LogP contribution is -2.48. The van der Waals surface area contributed by atoms with Crippen LogP contribution in [0.2, 0.25) is 0 Å². The topological polar surface area (TPSA) is 112 Å². The van der Waals surface area contributed by atoms with Crippen molar-refractivity contribution >= 4 is 17.8 Å². The quantitative estimate of drug-likeness (QED) is 0.609. The number of nitrogens with zero attached hydrogens (tertiary/aromatic N) is 2. The fraction of sp³-hybridized carbons (Fsp3) is 0.556. The van der Waals surface area contributed by atoms with Crippen molar-refractivity contribution in [2.75, 3.05) is 13.2 Å². The maximum atomic E-state index is 14.7. The van der Waals surface area contributed by atoms with E-state index in [1.807, 2.05) is 0 Å². The maximum absolute atomic E-state index is 14.7. The molecule has 2 heterocycles. The number of ether oxygens (including phenoxy) is 3. The van der Waals surface area contributed by atoms with Crippen molar-refractivity contribution in [2.45, 2.75) is 44.9 Å². The van der Waals surface area contributed by atoms with Crippen molar-refractivity contribution in [2.24, 2.45) is 10.9 Å². The molecule has 1 amide bonds. The van der Waals surface area contributed by atoms with Crippen molar-refractivity contribution in [1.82, 2.24) is 5.32 Å². The lowest BCUT2D eigenvalue weighted by Gasteiger charge is -2.36. The summed E-state index contributed by atoms with van der Waals surface area (Å²) in [5.74, 6) is -1.02. The predicted molar refractivity (Wildman–Crippen MR) is 96.4 cm³/mol. The lowest BCUT2D eigenvalue weighted by molar-refractivity contribution is -0.385. The van der Waals surface area contributed by atoms with Gasteiger partial charge >= 0.3 is 6.09 Å². The Morgan fingerprint density at radius 1 is 1.46 bits per heavy atom. The number of amides is 1. The van der Waals surface area contributed by atoms with Crippen LogP contribution in [0.15, 0.2) is 23.2 Å². The number of carbonyl (C=O) groups is 1. The second kappa shape index (κ2) is 7.01. The number of benzene rings is 1. The number of alkyl carbamates (subject to hydrolysis) is 1. The molecule has 3 atom stereocenters. The minimum Gasteiger partial charge on any atom is -0.464 e. The van der Waals surface area contributed by atoms with E-state index in [0.717, 1.165) is 18.2 Å². The summed E-state index contributed by atoms with van der Waals surface area (Å²) in [5, 5.41) is 13.6. The molecule has 0 saturated carbocycles. The molecule has 2 aliphatic heterocycles. The molecule has 2 aliphatic rings. The first-order chi connectivity index (χ1) is 13.0. The summed E-state index contributed by atoms with van der Waals surface area (Å²) in [6.07, 6.45) is -1.09. The van der Waals surface area contributed by atoms with E-state index in [1.165, 1.54) is 0 Å². The van der Waals surface area contributed by atoms with Gasteiger partial charge < -0.3 is 14.2 Å². The average molecular weight is 395 g/mol. The minimum absolute atomic E-state index is 0.000219. The van der Waals surface area contributed by atoms with Crippen LogP contribution in [-0.4, -0.2) is 42.0 Å². The van der Waals surface area contributed by atoms with Gasteiger partial charge in [-0.3, -0.25) is 10.1 Å². The first-order valence-corrected chi connectivity index (χ1v) is 8.80. The zero-order chi connectivity index (χ0) is 20.7. The SMILES string of the molecule is C[C@H]1OC[C@]2(c3cc([N+](=O)[O-])ccc3F)N=C(NC(=O)OC(C)(C)C)OC[C@H]12. The molecule has 1 fully saturated rings. The van der Waals surface area contributed by atoms with Gasteiger partial charge in [-0.2, -0.15) is 0 Å². The summed E-state index contributed by atoms with van der Waals surface area (Å²) in [7, 11) is 0. The Morgan fingerprint density at radius 3 is 2.82 bits per heavy atom. The summed E-state index contributed by atoms with van der Waals surface area (Å²) < 4.78 is 31.1. The van der Waals surface area contributed by atoms with Crippen LogP contribution in [-0.2, 0) is 19.7 Å². The molecule has 0 aliphatic carbocycles. The number of non-ortho nitro benzene ring substituents is 1. The van der Waals surface area contributed by atoms with Crippen LogP contribution in [0.5, 0.6) is 0 Å². The first kappa shape index (κ1) is 20.0. The Morgan fingerprint density at radius 2 is 2.18 bits per heavy atom. The molecule has 1 aromatic rings. The molecular weight excluding hydrogens is 373 g/mol. The van der Waals surface area contributed by atoms with E-state index in [0.29, 0.717) is 0 Å².